The summed E-state index contributed by atoms with van der Waals surface area (Å²) in [6, 6.07) is 0.756. The number of sulfone groups is 1. The molecule has 2 rings (SSSR count). The van der Waals surface area contributed by atoms with E-state index in [1.165, 1.54) is 0 Å². The summed E-state index contributed by atoms with van der Waals surface area (Å²) in [6.07, 6.45) is 0.825. The molecule has 2 atom stereocenters. The minimum absolute atomic E-state index is 0.263. The monoisotopic (exact) mass is 246 g/mol. The van der Waals surface area contributed by atoms with Gasteiger partial charge in [0.2, 0.25) is 0 Å². The van der Waals surface area contributed by atoms with Crippen LogP contribution in [0.3, 0.4) is 0 Å². The second-order valence-electron chi connectivity index (χ2n) is 5.31. The molecule has 2 fully saturated rings. The number of hydrogen-bond donors (Lipinski definition) is 1. The van der Waals surface area contributed by atoms with E-state index in [2.05, 4.69) is 24.1 Å². The predicted molar refractivity (Wildman–Crippen MR) is 65.3 cm³/mol. The lowest BCUT2D eigenvalue weighted by atomic mass is 9.98. The molecule has 0 aromatic heterocycles. The molecule has 0 aromatic carbocycles. The van der Waals surface area contributed by atoms with Crippen molar-refractivity contribution < 1.29 is 8.42 Å². The van der Waals surface area contributed by atoms with E-state index < -0.39 is 9.84 Å². The van der Waals surface area contributed by atoms with Crippen molar-refractivity contribution >= 4 is 9.84 Å². The largest absolute Gasteiger partial charge is 0.314 e. The van der Waals surface area contributed by atoms with Gasteiger partial charge in [-0.05, 0) is 12.3 Å². The average Bonchev–Trinajstić information content (AvgIpc) is 2.59. The Labute approximate surface area is 98.3 Å². The van der Waals surface area contributed by atoms with Gasteiger partial charge in [0.05, 0.1) is 11.5 Å². The Bertz CT molecular complexity index is 340. The van der Waals surface area contributed by atoms with Gasteiger partial charge in [-0.3, -0.25) is 4.90 Å². The fraction of sp³-hybridized carbons (Fsp3) is 1.00. The number of nitrogens with zero attached hydrogens (tertiary/aromatic N) is 1. The lowest BCUT2D eigenvalue weighted by molar-refractivity contribution is 0.0874. The lowest BCUT2D eigenvalue weighted by Crippen LogP contribution is -2.57. The highest BCUT2D eigenvalue weighted by molar-refractivity contribution is 7.91. The summed E-state index contributed by atoms with van der Waals surface area (Å²) in [5.74, 6) is 1.33. The van der Waals surface area contributed by atoms with Crippen molar-refractivity contribution in [3.63, 3.8) is 0 Å². The first-order chi connectivity index (χ1) is 7.49. The molecule has 0 spiro atoms. The van der Waals surface area contributed by atoms with Crippen LogP contribution in [-0.2, 0) is 9.84 Å². The van der Waals surface area contributed by atoms with Crippen molar-refractivity contribution in [3.8, 4) is 0 Å². The zero-order valence-corrected chi connectivity index (χ0v) is 11.0. The van der Waals surface area contributed by atoms with Crippen LogP contribution in [0.4, 0.5) is 0 Å². The molecule has 16 heavy (non-hydrogen) atoms. The Balaban J connectivity index is 2.07. The topological polar surface area (TPSA) is 49.4 Å². The van der Waals surface area contributed by atoms with Crippen molar-refractivity contribution in [2.75, 3.05) is 31.1 Å². The van der Waals surface area contributed by atoms with Crippen LogP contribution in [-0.4, -0.2) is 56.5 Å². The molecule has 0 radical (unpaired) electrons. The number of nitrogens with one attached hydrogen (secondary N) is 1. The van der Waals surface area contributed by atoms with E-state index in [1.54, 1.807) is 0 Å². The van der Waals surface area contributed by atoms with E-state index in [1.807, 2.05) is 0 Å². The first-order valence-corrected chi connectivity index (χ1v) is 7.98. The fourth-order valence-electron chi connectivity index (χ4n) is 2.85. The van der Waals surface area contributed by atoms with Crippen molar-refractivity contribution in [3.05, 3.63) is 0 Å². The average molecular weight is 246 g/mol. The first-order valence-electron chi connectivity index (χ1n) is 6.16. The molecule has 2 saturated heterocycles. The van der Waals surface area contributed by atoms with Gasteiger partial charge < -0.3 is 5.32 Å². The van der Waals surface area contributed by atoms with Crippen molar-refractivity contribution in [1.82, 2.24) is 10.2 Å². The third kappa shape index (κ3) is 2.57. The molecule has 2 unspecified atom stereocenters. The molecule has 0 amide bonds. The second-order valence-corrected chi connectivity index (χ2v) is 7.54. The molecule has 0 aromatic rings. The minimum Gasteiger partial charge on any atom is -0.314 e. The number of hydrogen-bond acceptors (Lipinski definition) is 4. The van der Waals surface area contributed by atoms with Gasteiger partial charge in [-0.15, -0.1) is 0 Å². The Morgan fingerprint density at radius 1 is 1.38 bits per heavy atom. The van der Waals surface area contributed by atoms with Crippen molar-refractivity contribution in [2.45, 2.75) is 32.4 Å². The smallest absolute Gasteiger partial charge is 0.151 e. The molecule has 2 aliphatic rings. The summed E-state index contributed by atoms with van der Waals surface area (Å²) in [6.45, 7) is 7.40. The summed E-state index contributed by atoms with van der Waals surface area (Å²) < 4.78 is 23.0. The summed E-state index contributed by atoms with van der Waals surface area (Å²) in [5.41, 5.74) is 0. The molecule has 1 N–H and O–H groups in total. The Kier molecular flexibility index (Phi) is 3.56. The second kappa shape index (κ2) is 4.63. The van der Waals surface area contributed by atoms with E-state index in [-0.39, 0.29) is 6.04 Å². The van der Waals surface area contributed by atoms with E-state index >= 15 is 0 Å². The predicted octanol–water partition coefficient (Wildman–Crippen LogP) is 0.103. The fourth-order valence-corrected chi connectivity index (χ4v) is 4.59. The van der Waals surface area contributed by atoms with Crippen LogP contribution in [0.1, 0.15) is 20.3 Å². The molecule has 0 bridgehead atoms. The van der Waals surface area contributed by atoms with Gasteiger partial charge in [-0.1, -0.05) is 13.8 Å². The molecule has 0 saturated carbocycles. The third-order valence-electron chi connectivity index (χ3n) is 3.77. The normalized spacial score (nSPS) is 35.7. The summed E-state index contributed by atoms with van der Waals surface area (Å²) >= 11 is 0. The molecular weight excluding hydrogens is 224 g/mol. The summed E-state index contributed by atoms with van der Waals surface area (Å²) in [5, 5.41) is 3.40. The SMILES string of the molecule is CC(C)C1CNCCN1C1CCS(=O)(=O)C1. The van der Waals surface area contributed by atoms with Crippen LogP contribution < -0.4 is 5.32 Å². The van der Waals surface area contributed by atoms with E-state index in [0.717, 1.165) is 26.1 Å². The summed E-state index contributed by atoms with van der Waals surface area (Å²) in [4.78, 5) is 2.42. The number of piperazine rings is 1. The Hall–Kier alpha value is -0.130. The zero-order chi connectivity index (χ0) is 11.8. The van der Waals surface area contributed by atoms with Crippen LogP contribution in [0.5, 0.6) is 0 Å². The van der Waals surface area contributed by atoms with E-state index in [9.17, 15) is 8.42 Å². The highest BCUT2D eigenvalue weighted by Crippen LogP contribution is 2.23. The quantitative estimate of drug-likeness (QED) is 0.751. The molecule has 4 nitrogen and oxygen atoms in total. The van der Waals surface area contributed by atoms with Crippen LogP contribution in [0, 0.1) is 5.92 Å². The standard InChI is InChI=1S/C11H22N2O2S/c1-9(2)11-7-12-4-5-13(11)10-3-6-16(14,15)8-10/h9-12H,3-8H2,1-2H3. The molecule has 0 aliphatic carbocycles. The first kappa shape index (κ1) is 12.3. The minimum atomic E-state index is -2.76. The van der Waals surface area contributed by atoms with Crippen molar-refractivity contribution in [2.24, 2.45) is 5.92 Å². The van der Waals surface area contributed by atoms with Crippen LogP contribution in [0.15, 0.2) is 0 Å². The van der Waals surface area contributed by atoms with Crippen LogP contribution in [0.2, 0.25) is 0 Å². The van der Waals surface area contributed by atoms with Gasteiger partial charge in [-0.25, -0.2) is 8.42 Å². The Morgan fingerprint density at radius 3 is 2.69 bits per heavy atom. The number of rotatable bonds is 2. The molecular formula is C11H22N2O2S. The molecule has 94 valence electrons. The van der Waals surface area contributed by atoms with Gasteiger partial charge in [-0.2, -0.15) is 0 Å². The maximum absolute atomic E-state index is 11.5. The summed E-state index contributed by atoms with van der Waals surface area (Å²) in [7, 11) is -2.76. The van der Waals surface area contributed by atoms with Gasteiger partial charge in [0.15, 0.2) is 9.84 Å². The zero-order valence-electron chi connectivity index (χ0n) is 10.1. The molecule has 2 heterocycles. The van der Waals surface area contributed by atoms with Gasteiger partial charge >= 0.3 is 0 Å². The van der Waals surface area contributed by atoms with Crippen molar-refractivity contribution in [1.29, 1.82) is 0 Å². The molecule has 5 heteroatoms. The van der Waals surface area contributed by atoms with Crippen LogP contribution in [0.25, 0.3) is 0 Å². The maximum Gasteiger partial charge on any atom is 0.151 e. The highest BCUT2D eigenvalue weighted by atomic mass is 32.2. The maximum atomic E-state index is 11.5. The third-order valence-corrected chi connectivity index (χ3v) is 5.52. The van der Waals surface area contributed by atoms with Gasteiger partial charge in [0, 0.05) is 31.7 Å². The van der Waals surface area contributed by atoms with E-state index in [0.29, 0.717) is 23.5 Å². The van der Waals surface area contributed by atoms with Crippen LogP contribution >= 0.6 is 0 Å². The van der Waals surface area contributed by atoms with Gasteiger partial charge in [0.1, 0.15) is 0 Å². The van der Waals surface area contributed by atoms with Gasteiger partial charge in [0.25, 0.3) is 0 Å². The molecule has 2 aliphatic heterocycles. The lowest BCUT2D eigenvalue weighted by Gasteiger charge is -2.42. The van der Waals surface area contributed by atoms with E-state index in [4.69, 9.17) is 0 Å². The Morgan fingerprint density at radius 2 is 2.12 bits per heavy atom. The highest BCUT2D eigenvalue weighted by Gasteiger charge is 2.37.